The minimum Gasteiger partial charge on any atom is -0.497 e. The number of methoxy groups -OCH3 is 1. The van der Waals surface area contributed by atoms with Crippen molar-refractivity contribution in [1.82, 2.24) is 15.1 Å². The number of nitrogens with one attached hydrogen (secondary N) is 1. The molecule has 0 bridgehead atoms. The summed E-state index contributed by atoms with van der Waals surface area (Å²) in [6.45, 7) is 4.73. The van der Waals surface area contributed by atoms with E-state index < -0.39 is 0 Å². The van der Waals surface area contributed by atoms with Crippen molar-refractivity contribution in [1.29, 1.82) is 0 Å². The van der Waals surface area contributed by atoms with Crippen molar-refractivity contribution >= 4 is 11.8 Å². The van der Waals surface area contributed by atoms with Gasteiger partial charge in [0.1, 0.15) is 5.75 Å². The van der Waals surface area contributed by atoms with Crippen LogP contribution in [0.5, 0.6) is 5.75 Å². The van der Waals surface area contributed by atoms with Crippen LogP contribution in [-0.4, -0.2) is 80.2 Å². The van der Waals surface area contributed by atoms with Gasteiger partial charge in [-0.3, -0.25) is 14.5 Å². The average molecular weight is 444 g/mol. The molecule has 2 amide bonds. The third-order valence-corrected chi connectivity index (χ3v) is 6.95. The summed E-state index contributed by atoms with van der Waals surface area (Å²) in [4.78, 5) is 29.8. The van der Waals surface area contributed by atoms with E-state index in [4.69, 9.17) is 9.47 Å². The van der Waals surface area contributed by atoms with E-state index in [0.717, 1.165) is 82.7 Å². The van der Waals surface area contributed by atoms with Gasteiger partial charge in [0.2, 0.25) is 11.8 Å². The molecular weight excluding hydrogens is 406 g/mol. The first-order valence-corrected chi connectivity index (χ1v) is 12.2. The van der Waals surface area contributed by atoms with Crippen molar-refractivity contribution < 1.29 is 19.1 Å². The van der Waals surface area contributed by atoms with Gasteiger partial charge in [-0.1, -0.05) is 12.1 Å². The maximum Gasteiger partial charge on any atom is 0.225 e. The summed E-state index contributed by atoms with van der Waals surface area (Å²) in [6.07, 6.45) is 6.68. The molecule has 2 aliphatic heterocycles. The summed E-state index contributed by atoms with van der Waals surface area (Å²) in [7, 11) is 1.63. The van der Waals surface area contributed by atoms with E-state index in [1.165, 1.54) is 0 Å². The zero-order valence-electron chi connectivity index (χ0n) is 19.3. The van der Waals surface area contributed by atoms with Crippen molar-refractivity contribution in [2.45, 2.75) is 57.0 Å². The second kappa shape index (κ2) is 11.1. The molecule has 3 fully saturated rings. The van der Waals surface area contributed by atoms with E-state index in [0.29, 0.717) is 31.0 Å². The van der Waals surface area contributed by atoms with Gasteiger partial charge in [0.25, 0.3) is 0 Å². The zero-order chi connectivity index (χ0) is 22.3. The number of likely N-dealkylation sites (tertiary alicyclic amines) is 1. The first-order valence-electron chi connectivity index (χ1n) is 12.2. The number of hydrogen-bond donors (Lipinski definition) is 1. The fourth-order valence-corrected chi connectivity index (χ4v) is 5.05. The molecule has 7 heteroatoms. The Balaban J connectivity index is 1.32. The molecule has 1 aliphatic carbocycles. The predicted octanol–water partition coefficient (Wildman–Crippen LogP) is 2.24. The van der Waals surface area contributed by atoms with Crippen LogP contribution in [0, 0.1) is 5.92 Å². The third kappa shape index (κ3) is 6.23. The SMILES string of the molecule is COc1cccc(CC(=O)NCCN(C2CCOCC2)C2CCCN(C(=O)C3CC3)C2)c1. The number of rotatable bonds is 9. The Bertz CT molecular complexity index is 776. The number of piperidine rings is 1. The number of carbonyl (C=O) groups is 2. The predicted molar refractivity (Wildman–Crippen MR) is 123 cm³/mol. The van der Waals surface area contributed by atoms with Crippen LogP contribution in [0.2, 0.25) is 0 Å². The highest BCUT2D eigenvalue weighted by Crippen LogP contribution is 2.32. The van der Waals surface area contributed by atoms with Crippen molar-refractivity contribution in [2.75, 3.05) is 46.5 Å². The molecule has 176 valence electrons. The monoisotopic (exact) mass is 443 g/mol. The normalized spacial score (nSPS) is 22.1. The lowest BCUT2D eigenvalue weighted by atomic mass is 9.98. The first-order chi connectivity index (χ1) is 15.6. The van der Waals surface area contributed by atoms with Crippen LogP contribution < -0.4 is 10.1 Å². The largest absolute Gasteiger partial charge is 0.497 e. The summed E-state index contributed by atoms with van der Waals surface area (Å²) >= 11 is 0. The van der Waals surface area contributed by atoms with Crippen LogP contribution in [0.3, 0.4) is 0 Å². The van der Waals surface area contributed by atoms with Gasteiger partial charge in [0.15, 0.2) is 0 Å². The Morgan fingerprint density at radius 3 is 2.72 bits per heavy atom. The molecule has 0 radical (unpaired) electrons. The highest BCUT2D eigenvalue weighted by Gasteiger charge is 2.37. The third-order valence-electron chi connectivity index (χ3n) is 6.95. The molecule has 2 heterocycles. The number of hydrogen-bond acceptors (Lipinski definition) is 5. The Morgan fingerprint density at radius 2 is 1.97 bits per heavy atom. The maximum absolute atomic E-state index is 12.6. The van der Waals surface area contributed by atoms with Gasteiger partial charge in [0.05, 0.1) is 13.5 Å². The van der Waals surface area contributed by atoms with Crippen LogP contribution in [0.25, 0.3) is 0 Å². The number of ether oxygens (including phenoxy) is 2. The van der Waals surface area contributed by atoms with Gasteiger partial charge in [-0.15, -0.1) is 0 Å². The molecule has 1 atom stereocenters. The average Bonchev–Trinajstić information content (AvgIpc) is 3.68. The molecule has 32 heavy (non-hydrogen) atoms. The Hall–Kier alpha value is -2.12. The summed E-state index contributed by atoms with van der Waals surface area (Å²) in [5.41, 5.74) is 0.949. The van der Waals surface area contributed by atoms with Crippen molar-refractivity contribution in [2.24, 2.45) is 5.92 Å². The highest BCUT2D eigenvalue weighted by molar-refractivity contribution is 5.81. The van der Waals surface area contributed by atoms with Gasteiger partial charge in [-0.05, 0) is 56.2 Å². The van der Waals surface area contributed by atoms with Crippen molar-refractivity contribution in [3.63, 3.8) is 0 Å². The molecule has 4 rings (SSSR count). The fraction of sp³-hybridized carbons (Fsp3) is 0.680. The molecule has 7 nitrogen and oxygen atoms in total. The Morgan fingerprint density at radius 1 is 1.16 bits per heavy atom. The highest BCUT2D eigenvalue weighted by atomic mass is 16.5. The quantitative estimate of drug-likeness (QED) is 0.634. The Kier molecular flexibility index (Phi) is 8.03. The number of carbonyl (C=O) groups excluding carboxylic acids is 2. The minimum absolute atomic E-state index is 0.0272. The standard InChI is InChI=1S/C25H37N3O4/c1-31-23-6-2-4-19(16-23)17-24(29)26-11-13-28(21-9-14-32-15-10-21)22-5-3-12-27(18-22)25(30)20-7-8-20/h2,4,6,16,20-22H,3,5,7-15,17-18H2,1H3,(H,26,29). The van der Waals surface area contributed by atoms with Crippen LogP contribution in [-0.2, 0) is 20.7 Å². The topological polar surface area (TPSA) is 71.1 Å². The van der Waals surface area contributed by atoms with Crippen molar-refractivity contribution in [3.8, 4) is 5.75 Å². The summed E-state index contributed by atoms with van der Waals surface area (Å²) < 4.78 is 10.8. The van der Waals surface area contributed by atoms with E-state index in [2.05, 4.69) is 15.1 Å². The van der Waals surface area contributed by atoms with Crippen LogP contribution in [0.1, 0.15) is 44.1 Å². The number of amides is 2. The van der Waals surface area contributed by atoms with Gasteiger partial charge in [-0.2, -0.15) is 0 Å². The fourth-order valence-electron chi connectivity index (χ4n) is 5.05. The van der Waals surface area contributed by atoms with E-state index >= 15 is 0 Å². The summed E-state index contributed by atoms with van der Waals surface area (Å²) in [5, 5.41) is 3.11. The minimum atomic E-state index is 0.0272. The molecule has 3 aliphatic rings. The number of nitrogens with zero attached hydrogens (tertiary/aromatic N) is 2. The van der Waals surface area contributed by atoms with Crippen molar-refractivity contribution in [3.05, 3.63) is 29.8 Å². The second-order valence-corrected chi connectivity index (χ2v) is 9.31. The Labute approximate surface area is 191 Å². The van der Waals surface area contributed by atoms with E-state index in [9.17, 15) is 9.59 Å². The van der Waals surface area contributed by atoms with Crippen LogP contribution >= 0.6 is 0 Å². The van der Waals surface area contributed by atoms with Gasteiger partial charge in [0, 0.05) is 57.4 Å². The number of benzene rings is 1. The van der Waals surface area contributed by atoms with E-state index in [1.54, 1.807) is 7.11 Å². The maximum atomic E-state index is 12.6. The lowest BCUT2D eigenvalue weighted by Crippen LogP contribution is -2.55. The molecule has 0 spiro atoms. The zero-order valence-corrected chi connectivity index (χ0v) is 19.3. The second-order valence-electron chi connectivity index (χ2n) is 9.31. The first kappa shape index (κ1) is 23.1. The smallest absolute Gasteiger partial charge is 0.225 e. The lowest BCUT2D eigenvalue weighted by Gasteiger charge is -2.44. The summed E-state index contributed by atoms with van der Waals surface area (Å²) in [5.74, 6) is 1.43. The van der Waals surface area contributed by atoms with Gasteiger partial charge in [-0.25, -0.2) is 0 Å². The van der Waals surface area contributed by atoms with E-state index in [-0.39, 0.29) is 11.8 Å². The van der Waals surface area contributed by atoms with Gasteiger partial charge < -0.3 is 19.7 Å². The molecule has 1 saturated carbocycles. The van der Waals surface area contributed by atoms with Gasteiger partial charge >= 0.3 is 0 Å². The van der Waals surface area contributed by atoms with E-state index in [1.807, 2.05) is 24.3 Å². The molecule has 1 aromatic rings. The molecule has 2 saturated heterocycles. The van der Waals surface area contributed by atoms with Crippen LogP contribution in [0.15, 0.2) is 24.3 Å². The molecule has 1 aromatic carbocycles. The molecular formula is C25H37N3O4. The molecule has 1 unspecified atom stereocenters. The molecule has 1 N–H and O–H groups in total. The van der Waals surface area contributed by atoms with Crippen LogP contribution in [0.4, 0.5) is 0 Å². The summed E-state index contributed by atoms with van der Waals surface area (Å²) in [6, 6.07) is 8.47. The lowest BCUT2D eigenvalue weighted by molar-refractivity contribution is -0.135. The molecule has 0 aromatic heterocycles.